The van der Waals surface area contributed by atoms with Gasteiger partial charge >= 0.3 is 0 Å². The van der Waals surface area contributed by atoms with Gasteiger partial charge in [-0.05, 0) is 36.6 Å². The summed E-state index contributed by atoms with van der Waals surface area (Å²) in [6.07, 6.45) is 2.27. The van der Waals surface area contributed by atoms with Gasteiger partial charge in [-0.3, -0.25) is 4.90 Å². The molecule has 2 rings (SSSR count). The van der Waals surface area contributed by atoms with Crippen molar-refractivity contribution in [2.75, 3.05) is 25.1 Å². The van der Waals surface area contributed by atoms with Crippen molar-refractivity contribution < 1.29 is 12.8 Å². The molecule has 1 aliphatic heterocycles. The number of sulfone groups is 1. The zero-order valence-electron chi connectivity index (χ0n) is 11.3. The minimum Gasteiger partial charge on any atom is -0.295 e. The molecule has 0 unspecified atom stereocenters. The molecule has 0 saturated carbocycles. The molecule has 19 heavy (non-hydrogen) atoms. The van der Waals surface area contributed by atoms with E-state index in [9.17, 15) is 12.8 Å². The number of hydrogen-bond acceptors (Lipinski definition) is 3. The minimum absolute atomic E-state index is 0.123. The van der Waals surface area contributed by atoms with E-state index in [4.69, 9.17) is 0 Å². The molecule has 106 valence electrons. The van der Waals surface area contributed by atoms with Crippen molar-refractivity contribution in [3.8, 4) is 0 Å². The van der Waals surface area contributed by atoms with Gasteiger partial charge < -0.3 is 0 Å². The lowest BCUT2D eigenvalue weighted by Gasteiger charge is -2.27. The molecule has 0 spiro atoms. The molecule has 1 aromatic rings. The standard InChI is InChI=1S/C14H20FNO2S/c1-11-6-7-16(8-9-19(2,17)18)14(11)12-4-3-5-13(15)10-12/h3-5,10-11,14H,6-9H2,1-2H3/t11-,14-/m0/s1. The Morgan fingerprint density at radius 3 is 2.79 bits per heavy atom. The summed E-state index contributed by atoms with van der Waals surface area (Å²) in [5, 5.41) is 0. The Balaban J connectivity index is 2.16. The fourth-order valence-corrected chi connectivity index (χ4v) is 3.36. The molecule has 0 aromatic heterocycles. The lowest BCUT2D eigenvalue weighted by molar-refractivity contribution is 0.246. The van der Waals surface area contributed by atoms with E-state index in [1.54, 1.807) is 12.1 Å². The van der Waals surface area contributed by atoms with E-state index in [0.29, 0.717) is 12.5 Å². The Hall–Kier alpha value is -0.940. The number of halogens is 1. The topological polar surface area (TPSA) is 37.4 Å². The van der Waals surface area contributed by atoms with Crippen molar-refractivity contribution >= 4 is 9.84 Å². The first-order chi connectivity index (χ1) is 8.87. The molecule has 0 radical (unpaired) electrons. The largest absolute Gasteiger partial charge is 0.295 e. The van der Waals surface area contributed by atoms with Gasteiger partial charge in [0.05, 0.1) is 5.75 Å². The van der Waals surface area contributed by atoms with Crippen LogP contribution in [0.25, 0.3) is 0 Å². The van der Waals surface area contributed by atoms with Gasteiger partial charge in [-0.25, -0.2) is 12.8 Å². The Kier molecular flexibility index (Phi) is 4.26. The van der Waals surface area contributed by atoms with Crippen LogP contribution in [0, 0.1) is 11.7 Å². The second kappa shape index (κ2) is 5.59. The number of nitrogens with zero attached hydrogens (tertiary/aromatic N) is 1. The lowest BCUT2D eigenvalue weighted by Crippen LogP contribution is -2.30. The van der Waals surface area contributed by atoms with Gasteiger partial charge in [0, 0.05) is 18.8 Å². The Morgan fingerprint density at radius 2 is 2.16 bits per heavy atom. The fraction of sp³-hybridized carbons (Fsp3) is 0.571. The molecular formula is C14H20FNO2S. The van der Waals surface area contributed by atoms with Crippen molar-refractivity contribution in [3.63, 3.8) is 0 Å². The van der Waals surface area contributed by atoms with Gasteiger partial charge in [-0.1, -0.05) is 19.1 Å². The van der Waals surface area contributed by atoms with E-state index >= 15 is 0 Å². The van der Waals surface area contributed by atoms with Crippen LogP contribution >= 0.6 is 0 Å². The van der Waals surface area contributed by atoms with E-state index in [2.05, 4.69) is 11.8 Å². The SMILES string of the molecule is C[C@H]1CCN(CCS(C)(=O)=O)[C@@H]1c1cccc(F)c1. The summed E-state index contributed by atoms with van der Waals surface area (Å²) in [7, 11) is -2.96. The van der Waals surface area contributed by atoms with E-state index in [1.165, 1.54) is 12.3 Å². The molecule has 1 heterocycles. The van der Waals surface area contributed by atoms with Crippen LogP contribution in [0.5, 0.6) is 0 Å². The molecule has 1 fully saturated rings. The average Bonchev–Trinajstić information content (AvgIpc) is 2.67. The highest BCUT2D eigenvalue weighted by atomic mass is 32.2. The molecule has 2 atom stereocenters. The fourth-order valence-electron chi connectivity index (χ4n) is 2.79. The summed E-state index contributed by atoms with van der Waals surface area (Å²) >= 11 is 0. The third-order valence-corrected chi connectivity index (χ3v) is 4.67. The Morgan fingerprint density at radius 1 is 1.42 bits per heavy atom. The molecule has 1 aromatic carbocycles. The van der Waals surface area contributed by atoms with E-state index < -0.39 is 9.84 Å². The van der Waals surface area contributed by atoms with Crippen LogP contribution in [0.3, 0.4) is 0 Å². The van der Waals surface area contributed by atoms with Crippen molar-refractivity contribution in [3.05, 3.63) is 35.6 Å². The molecule has 0 N–H and O–H groups in total. The van der Waals surface area contributed by atoms with Gasteiger partial charge in [0.15, 0.2) is 0 Å². The molecule has 1 aliphatic rings. The van der Waals surface area contributed by atoms with Crippen LogP contribution < -0.4 is 0 Å². The summed E-state index contributed by atoms with van der Waals surface area (Å²) in [6.45, 7) is 3.53. The summed E-state index contributed by atoms with van der Waals surface area (Å²) in [5.41, 5.74) is 0.943. The third-order valence-electron chi connectivity index (χ3n) is 3.74. The first-order valence-corrected chi connectivity index (χ1v) is 8.60. The van der Waals surface area contributed by atoms with E-state index in [1.807, 2.05) is 6.07 Å². The smallest absolute Gasteiger partial charge is 0.148 e. The number of likely N-dealkylation sites (tertiary alicyclic amines) is 1. The van der Waals surface area contributed by atoms with Gasteiger partial charge in [0.2, 0.25) is 0 Å². The molecule has 1 saturated heterocycles. The third kappa shape index (κ3) is 3.76. The van der Waals surface area contributed by atoms with Crippen molar-refractivity contribution in [1.82, 2.24) is 4.90 Å². The summed E-state index contributed by atoms with van der Waals surface area (Å²) in [6, 6.07) is 6.75. The highest BCUT2D eigenvalue weighted by Gasteiger charge is 2.32. The number of hydrogen-bond donors (Lipinski definition) is 0. The normalized spacial score (nSPS) is 24.8. The molecule has 3 nitrogen and oxygen atoms in total. The monoisotopic (exact) mass is 285 g/mol. The van der Waals surface area contributed by atoms with Gasteiger partial charge in [0.1, 0.15) is 15.7 Å². The Bertz CT molecular complexity index is 544. The highest BCUT2D eigenvalue weighted by Crippen LogP contribution is 2.36. The second-order valence-corrected chi connectivity index (χ2v) is 7.69. The van der Waals surface area contributed by atoms with E-state index in [0.717, 1.165) is 18.5 Å². The molecule has 5 heteroatoms. The van der Waals surface area contributed by atoms with Crippen LogP contribution in [0.15, 0.2) is 24.3 Å². The van der Waals surface area contributed by atoms with E-state index in [-0.39, 0.29) is 17.6 Å². The van der Waals surface area contributed by atoms with Crippen LogP contribution in [0.1, 0.15) is 24.9 Å². The zero-order valence-corrected chi connectivity index (χ0v) is 12.2. The van der Waals surface area contributed by atoms with Crippen LogP contribution in [0.2, 0.25) is 0 Å². The molecule has 0 bridgehead atoms. The number of benzene rings is 1. The summed E-state index contributed by atoms with van der Waals surface area (Å²) in [4.78, 5) is 2.15. The highest BCUT2D eigenvalue weighted by molar-refractivity contribution is 7.90. The maximum absolute atomic E-state index is 13.3. The molecule has 0 aliphatic carbocycles. The van der Waals surface area contributed by atoms with Crippen LogP contribution in [0.4, 0.5) is 4.39 Å². The lowest BCUT2D eigenvalue weighted by atomic mass is 9.95. The minimum atomic E-state index is -2.96. The van der Waals surface area contributed by atoms with Crippen LogP contribution in [-0.4, -0.2) is 38.4 Å². The summed E-state index contributed by atoms with van der Waals surface area (Å²) < 4.78 is 35.9. The van der Waals surface area contributed by atoms with Gasteiger partial charge in [0.25, 0.3) is 0 Å². The zero-order chi connectivity index (χ0) is 14.0. The van der Waals surface area contributed by atoms with Gasteiger partial charge in [-0.2, -0.15) is 0 Å². The van der Waals surface area contributed by atoms with Crippen molar-refractivity contribution in [2.45, 2.75) is 19.4 Å². The predicted octanol–water partition coefficient (Wildman–Crippen LogP) is 2.25. The van der Waals surface area contributed by atoms with Gasteiger partial charge in [-0.15, -0.1) is 0 Å². The second-order valence-electron chi connectivity index (χ2n) is 5.43. The Labute approximate surface area is 114 Å². The average molecular weight is 285 g/mol. The summed E-state index contributed by atoms with van der Waals surface area (Å²) in [5.74, 6) is 0.340. The van der Waals surface area contributed by atoms with Crippen LogP contribution in [-0.2, 0) is 9.84 Å². The van der Waals surface area contributed by atoms with Crippen molar-refractivity contribution in [1.29, 1.82) is 0 Å². The molecule has 0 amide bonds. The van der Waals surface area contributed by atoms with Crippen molar-refractivity contribution in [2.24, 2.45) is 5.92 Å². The number of rotatable bonds is 4. The predicted molar refractivity (Wildman–Crippen MR) is 74.2 cm³/mol. The first-order valence-electron chi connectivity index (χ1n) is 6.54. The first kappa shape index (κ1) is 14.5. The quantitative estimate of drug-likeness (QED) is 0.851. The molecular weight excluding hydrogens is 265 g/mol. The maximum atomic E-state index is 13.3. The maximum Gasteiger partial charge on any atom is 0.148 e.